The quantitative estimate of drug-likeness (QED) is 0.245. The van der Waals surface area contributed by atoms with E-state index in [-0.39, 0.29) is 18.1 Å². The fourth-order valence-corrected chi connectivity index (χ4v) is 4.68. The van der Waals surface area contributed by atoms with Gasteiger partial charge in [0, 0.05) is 35.8 Å². The van der Waals surface area contributed by atoms with Crippen molar-refractivity contribution in [3.8, 4) is 0 Å². The molecular formula is C25H35N5O5S. The number of rotatable bonds is 11. The number of hydrogen-bond donors (Lipinski definition) is 6. The van der Waals surface area contributed by atoms with E-state index < -0.39 is 47.9 Å². The Kier molecular flexibility index (Phi) is 9.38. The number of para-hydroxylation sites is 1. The SMILES string of the molecule is CCC(C)C(NC(=O)C1CCCN1C(=O)C(Cc1c[nH]c2ccccc12)NC(=O)C(N)CS)C(=O)O. The minimum Gasteiger partial charge on any atom is -0.480 e. The first kappa shape index (κ1) is 27.5. The van der Waals surface area contributed by atoms with Crippen molar-refractivity contribution < 1.29 is 24.3 Å². The number of fused-ring (bicyclic) bond motifs is 1. The Balaban J connectivity index is 1.84. The molecule has 0 bridgehead atoms. The highest BCUT2D eigenvalue weighted by Gasteiger charge is 2.39. The van der Waals surface area contributed by atoms with Gasteiger partial charge in [0.05, 0.1) is 6.04 Å². The topological polar surface area (TPSA) is 158 Å². The van der Waals surface area contributed by atoms with Gasteiger partial charge in [-0.05, 0) is 30.4 Å². The van der Waals surface area contributed by atoms with E-state index in [1.165, 1.54) is 4.90 Å². The molecule has 1 aromatic heterocycles. The van der Waals surface area contributed by atoms with E-state index in [4.69, 9.17) is 5.73 Å². The minimum atomic E-state index is -1.11. The van der Waals surface area contributed by atoms with E-state index in [0.717, 1.165) is 16.5 Å². The lowest BCUT2D eigenvalue weighted by Crippen LogP contribution is -2.58. The largest absolute Gasteiger partial charge is 0.480 e. The number of carboxylic acid groups (broad SMARTS) is 1. The molecule has 5 atom stereocenters. The van der Waals surface area contributed by atoms with Crippen molar-refractivity contribution in [2.75, 3.05) is 12.3 Å². The number of carboxylic acids is 1. The maximum Gasteiger partial charge on any atom is 0.326 e. The second-order valence-electron chi connectivity index (χ2n) is 9.31. The number of carbonyl (C=O) groups is 4. The highest BCUT2D eigenvalue weighted by atomic mass is 32.1. The Bertz CT molecular complexity index is 1110. The number of thiol groups is 1. The van der Waals surface area contributed by atoms with E-state index in [1.54, 1.807) is 13.1 Å². The lowest BCUT2D eigenvalue weighted by Gasteiger charge is -2.30. The molecule has 1 aliphatic heterocycles. The second-order valence-corrected chi connectivity index (χ2v) is 9.68. The zero-order valence-corrected chi connectivity index (χ0v) is 21.5. The molecule has 2 heterocycles. The zero-order valence-electron chi connectivity index (χ0n) is 20.6. The molecule has 3 amide bonds. The highest BCUT2D eigenvalue weighted by Crippen LogP contribution is 2.23. The number of hydrogen-bond acceptors (Lipinski definition) is 6. The summed E-state index contributed by atoms with van der Waals surface area (Å²) in [5.41, 5.74) is 7.59. The third kappa shape index (κ3) is 6.19. The van der Waals surface area contributed by atoms with E-state index in [9.17, 15) is 24.3 Å². The second kappa shape index (κ2) is 12.3. The average Bonchev–Trinajstić information content (AvgIpc) is 3.52. The summed E-state index contributed by atoms with van der Waals surface area (Å²) in [5.74, 6) is -2.69. The first-order valence-electron chi connectivity index (χ1n) is 12.2. The molecule has 1 fully saturated rings. The molecule has 1 aromatic carbocycles. The summed E-state index contributed by atoms with van der Waals surface area (Å²) >= 11 is 4.08. The monoisotopic (exact) mass is 517 g/mol. The molecule has 3 rings (SSSR count). The molecule has 1 saturated heterocycles. The Morgan fingerprint density at radius 3 is 2.64 bits per heavy atom. The van der Waals surface area contributed by atoms with Gasteiger partial charge in [-0.25, -0.2) is 4.79 Å². The molecular weight excluding hydrogens is 482 g/mol. The van der Waals surface area contributed by atoms with Gasteiger partial charge in [-0.1, -0.05) is 38.5 Å². The van der Waals surface area contributed by atoms with Gasteiger partial charge in [0.2, 0.25) is 17.7 Å². The van der Waals surface area contributed by atoms with Crippen LogP contribution in [0.3, 0.4) is 0 Å². The van der Waals surface area contributed by atoms with Gasteiger partial charge in [-0.2, -0.15) is 12.6 Å². The number of amides is 3. The van der Waals surface area contributed by atoms with E-state index >= 15 is 0 Å². The number of nitrogens with two attached hydrogens (primary N) is 1. The van der Waals surface area contributed by atoms with Crippen molar-refractivity contribution in [3.05, 3.63) is 36.0 Å². The standard InChI is InChI=1S/C25H35N5O5S/c1-3-14(2)21(25(34)35)29-23(32)20-9-6-10-30(20)24(33)19(28-22(31)17(26)13-36)11-15-12-27-18-8-5-4-7-16(15)18/h4-5,7-8,12,14,17,19-21,27,36H,3,6,9-11,13,26H2,1-2H3,(H,28,31)(H,29,32)(H,34,35). The van der Waals surface area contributed by atoms with Gasteiger partial charge in [0.1, 0.15) is 18.1 Å². The molecule has 36 heavy (non-hydrogen) atoms. The predicted molar refractivity (Wildman–Crippen MR) is 140 cm³/mol. The predicted octanol–water partition coefficient (Wildman–Crippen LogP) is 1.06. The Morgan fingerprint density at radius 1 is 1.25 bits per heavy atom. The Hall–Kier alpha value is -3.05. The molecule has 1 aliphatic rings. The van der Waals surface area contributed by atoms with Crippen molar-refractivity contribution in [2.45, 2.75) is 63.7 Å². The maximum absolute atomic E-state index is 13.7. The number of nitrogens with zero attached hydrogens (tertiary/aromatic N) is 1. The van der Waals surface area contributed by atoms with Crippen LogP contribution in [0.5, 0.6) is 0 Å². The molecule has 0 aliphatic carbocycles. The third-order valence-corrected chi connectivity index (χ3v) is 7.26. The number of aliphatic carboxylic acids is 1. The van der Waals surface area contributed by atoms with E-state index in [1.807, 2.05) is 31.2 Å². The highest BCUT2D eigenvalue weighted by molar-refractivity contribution is 7.80. The molecule has 10 nitrogen and oxygen atoms in total. The number of nitrogens with one attached hydrogen (secondary N) is 3. The molecule has 11 heteroatoms. The summed E-state index contributed by atoms with van der Waals surface area (Å²) in [6.45, 7) is 3.94. The normalized spacial score (nSPS) is 18.9. The van der Waals surface area contributed by atoms with Crippen molar-refractivity contribution in [1.82, 2.24) is 20.5 Å². The van der Waals surface area contributed by atoms with Gasteiger partial charge in [0.15, 0.2) is 0 Å². The van der Waals surface area contributed by atoms with Crippen LogP contribution in [0.4, 0.5) is 0 Å². The summed E-state index contributed by atoms with van der Waals surface area (Å²) in [7, 11) is 0. The van der Waals surface area contributed by atoms with Crippen molar-refractivity contribution in [1.29, 1.82) is 0 Å². The fraction of sp³-hybridized carbons (Fsp3) is 0.520. The molecule has 0 saturated carbocycles. The molecule has 0 spiro atoms. The van der Waals surface area contributed by atoms with Crippen LogP contribution in [0.15, 0.2) is 30.5 Å². The van der Waals surface area contributed by atoms with Gasteiger partial charge in [-0.3, -0.25) is 14.4 Å². The third-order valence-electron chi connectivity index (χ3n) is 6.86. The lowest BCUT2D eigenvalue weighted by atomic mass is 9.98. The van der Waals surface area contributed by atoms with Crippen LogP contribution in [0, 0.1) is 5.92 Å². The van der Waals surface area contributed by atoms with Gasteiger partial charge >= 0.3 is 5.97 Å². The maximum atomic E-state index is 13.7. The van der Waals surface area contributed by atoms with Crippen LogP contribution < -0.4 is 16.4 Å². The first-order valence-corrected chi connectivity index (χ1v) is 12.9. The summed E-state index contributed by atoms with van der Waals surface area (Å²) in [6, 6.07) is 3.93. The number of likely N-dealkylation sites (tertiary alicyclic amines) is 1. The summed E-state index contributed by atoms with van der Waals surface area (Å²) in [5, 5.41) is 15.9. The molecule has 0 radical (unpaired) electrons. The fourth-order valence-electron chi connectivity index (χ4n) is 4.52. The van der Waals surface area contributed by atoms with Crippen LogP contribution in [-0.2, 0) is 25.6 Å². The minimum absolute atomic E-state index is 0.112. The summed E-state index contributed by atoms with van der Waals surface area (Å²) in [4.78, 5) is 55.8. The first-order chi connectivity index (χ1) is 17.2. The van der Waals surface area contributed by atoms with Crippen molar-refractivity contribution in [2.24, 2.45) is 11.7 Å². The van der Waals surface area contributed by atoms with Crippen LogP contribution in [0.25, 0.3) is 10.9 Å². The number of carbonyl (C=O) groups excluding carboxylic acids is 3. The van der Waals surface area contributed by atoms with Crippen LogP contribution >= 0.6 is 12.6 Å². The molecule has 5 unspecified atom stereocenters. The lowest BCUT2D eigenvalue weighted by molar-refractivity contribution is -0.146. The average molecular weight is 518 g/mol. The molecule has 6 N–H and O–H groups in total. The molecule has 196 valence electrons. The van der Waals surface area contributed by atoms with Crippen LogP contribution in [0.1, 0.15) is 38.7 Å². The number of benzene rings is 1. The summed E-state index contributed by atoms with van der Waals surface area (Å²) < 4.78 is 0. The van der Waals surface area contributed by atoms with Gasteiger partial charge in [0.25, 0.3) is 0 Å². The molecule has 2 aromatic rings. The smallest absolute Gasteiger partial charge is 0.326 e. The number of aromatic nitrogens is 1. The van der Waals surface area contributed by atoms with Crippen molar-refractivity contribution in [3.63, 3.8) is 0 Å². The Morgan fingerprint density at radius 2 is 1.97 bits per heavy atom. The van der Waals surface area contributed by atoms with Crippen LogP contribution in [0.2, 0.25) is 0 Å². The van der Waals surface area contributed by atoms with Gasteiger partial charge < -0.3 is 31.4 Å². The van der Waals surface area contributed by atoms with E-state index in [2.05, 4.69) is 28.2 Å². The van der Waals surface area contributed by atoms with Crippen molar-refractivity contribution >= 4 is 47.2 Å². The number of aromatic amines is 1. The Labute approximate surface area is 215 Å². The summed E-state index contributed by atoms with van der Waals surface area (Å²) in [6.07, 6.45) is 3.58. The van der Waals surface area contributed by atoms with Crippen LogP contribution in [-0.4, -0.2) is 75.1 Å². The zero-order chi connectivity index (χ0) is 26.4. The van der Waals surface area contributed by atoms with E-state index in [0.29, 0.717) is 25.8 Å². The van der Waals surface area contributed by atoms with Gasteiger partial charge in [-0.15, -0.1) is 0 Å². The number of H-pyrrole nitrogens is 1.